The van der Waals surface area contributed by atoms with Crippen LogP contribution >= 0.6 is 0 Å². The lowest BCUT2D eigenvalue weighted by atomic mass is 10.0. The van der Waals surface area contributed by atoms with Gasteiger partial charge in [0.1, 0.15) is 0 Å². The van der Waals surface area contributed by atoms with E-state index in [1.165, 1.54) is 19.1 Å². The maximum absolute atomic E-state index is 13.4. The van der Waals surface area contributed by atoms with Crippen LogP contribution in [-0.4, -0.2) is 17.0 Å². The molecule has 92 valence electrons. The summed E-state index contributed by atoms with van der Waals surface area (Å²) >= 11 is 0. The second-order valence-corrected chi connectivity index (χ2v) is 3.49. The number of benzene rings is 1. The summed E-state index contributed by atoms with van der Waals surface area (Å²) in [6, 6.07) is 2.33. The predicted octanol–water partition coefficient (Wildman–Crippen LogP) is 1.62. The van der Waals surface area contributed by atoms with Crippen LogP contribution in [0.5, 0.6) is 0 Å². The van der Waals surface area contributed by atoms with Crippen molar-refractivity contribution in [3.63, 3.8) is 0 Å². The highest BCUT2D eigenvalue weighted by Gasteiger charge is 2.21. The molecule has 0 aliphatic heterocycles. The Balaban J connectivity index is 3.07. The summed E-state index contributed by atoms with van der Waals surface area (Å²) in [5, 5.41) is 10.9. The maximum Gasteiger partial charge on any atom is 0.305 e. The highest BCUT2D eigenvalue weighted by molar-refractivity contribution is 5.75. The Morgan fingerprint density at radius 1 is 1.41 bits per heavy atom. The Hall–Kier alpha value is -1.98. The number of carboxylic acids is 1. The molecule has 0 bridgehead atoms. The molecule has 0 aliphatic carbocycles. The first kappa shape index (κ1) is 13.1. The zero-order chi connectivity index (χ0) is 13.0. The highest BCUT2D eigenvalue weighted by Crippen LogP contribution is 2.22. The lowest BCUT2D eigenvalue weighted by Gasteiger charge is -2.17. The molecule has 1 aromatic rings. The van der Waals surface area contributed by atoms with E-state index in [4.69, 9.17) is 5.11 Å². The Bertz CT molecular complexity index is 432. The molecular formula is C11H11F2NO3. The topological polar surface area (TPSA) is 66.4 Å². The predicted molar refractivity (Wildman–Crippen MR) is 55.2 cm³/mol. The summed E-state index contributed by atoms with van der Waals surface area (Å²) < 4.78 is 26.4. The molecule has 0 fully saturated rings. The van der Waals surface area contributed by atoms with Gasteiger partial charge in [0, 0.05) is 12.5 Å². The van der Waals surface area contributed by atoms with E-state index in [9.17, 15) is 18.4 Å². The largest absolute Gasteiger partial charge is 0.481 e. The molecule has 0 aromatic heterocycles. The number of carbonyl (C=O) groups is 2. The first-order valence-corrected chi connectivity index (χ1v) is 4.84. The minimum absolute atomic E-state index is 0.178. The molecule has 0 spiro atoms. The van der Waals surface area contributed by atoms with Crippen LogP contribution in [0.15, 0.2) is 18.2 Å². The van der Waals surface area contributed by atoms with Gasteiger partial charge in [-0.3, -0.25) is 9.59 Å². The highest BCUT2D eigenvalue weighted by atomic mass is 19.2. The third-order valence-electron chi connectivity index (χ3n) is 2.11. The summed E-state index contributed by atoms with van der Waals surface area (Å²) in [6.45, 7) is 1.17. The van der Waals surface area contributed by atoms with Gasteiger partial charge in [-0.25, -0.2) is 8.78 Å². The van der Waals surface area contributed by atoms with E-state index in [0.29, 0.717) is 0 Å². The van der Waals surface area contributed by atoms with E-state index >= 15 is 0 Å². The third kappa shape index (κ3) is 3.51. The normalized spacial score (nSPS) is 11.9. The molecule has 0 heterocycles. The molecule has 1 unspecified atom stereocenters. The molecule has 1 amide bonds. The van der Waals surface area contributed by atoms with Gasteiger partial charge < -0.3 is 10.4 Å². The maximum atomic E-state index is 13.4. The zero-order valence-corrected chi connectivity index (χ0v) is 9.04. The van der Waals surface area contributed by atoms with Gasteiger partial charge in [-0.05, 0) is 6.07 Å². The van der Waals surface area contributed by atoms with E-state index in [1.807, 2.05) is 0 Å². The number of rotatable bonds is 4. The van der Waals surface area contributed by atoms with E-state index in [1.54, 1.807) is 0 Å². The molecule has 6 heteroatoms. The standard InChI is InChI=1S/C11H11F2NO3/c1-6(15)14-9(5-10(16)17)7-3-2-4-8(12)11(7)13/h2-4,9H,5H2,1H3,(H,14,15)(H,16,17). The first-order valence-electron chi connectivity index (χ1n) is 4.84. The minimum Gasteiger partial charge on any atom is -0.481 e. The molecule has 2 N–H and O–H groups in total. The molecule has 0 saturated heterocycles. The van der Waals surface area contributed by atoms with Crippen molar-refractivity contribution in [2.24, 2.45) is 0 Å². The van der Waals surface area contributed by atoms with E-state index in [2.05, 4.69) is 5.32 Å². The number of halogens is 2. The zero-order valence-electron chi connectivity index (χ0n) is 9.04. The fraction of sp³-hybridized carbons (Fsp3) is 0.273. The number of carboxylic acid groups (broad SMARTS) is 1. The van der Waals surface area contributed by atoms with Crippen molar-refractivity contribution >= 4 is 11.9 Å². The summed E-state index contributed by atoms with van der Waals surface area (Å²) in [7, 11) is 0. The average Bonchev–Trinajstić information content (AvgIpc) is 2.19. The SMILES string of the molecule is CC(=O)NC(CC(=O)O)c1cccc(F)c1F. The van der Waals surface area contributed by atoms with Crippen LogP contribution in [0.3, 0.4) is 0 Å². The fourth-order valence-corrected chi connectivity index (χ4v) is 1.45. The van der Waals surface area contributed by atoms with Gasteiger partial charge in [-0.15, -0.1) is 0 Å². The molecule has 0 aliphatic rings. The summed E-state index contributed by atoms with van der Waals surface area (Å²) in [5.74, 6) is -3.96. The van der Waals surface area contributed by atoms with Crippen LogP contribution in [0.1, 0.15) is 24.9 Å². The van der Waals surface area contributed by atoms with Crippen LogP contribution in [-0.2, 0) is 9.59 Å². The second-order valence-electron chi connectivity index (χ2n) is 3.49. The number of aliphatic carboxylic acids is 1. The first-order chi connectivity index (χ1) is 7.91. The van der Waals surface area contributed by atoms with Crippen molar-refractivity contribution in [3.8, 4) is 0 Å². The van der Waals surface area contributed by atoms with Gasteiger partial charge in [0.2, 0.25) is 5.91 Å². The van der Waals surface area contributed by atoms with Gasteiger partial charge >= 0.3 is 5.97 Å². The molecule has 0 radical (unpaired) electrons. The number of nitrogens with one attached hydrogen (secondary N) is 1. The van der Waals surface area contributed by atoms with Crippen LogP contribution in [0.2, 0.25) is 0 Å². The van der Waals surface area contributed by atoms with Crippen molar-refractivity contribution in [2.45, 2.75) is 19.4 Å². The summed E-state index contributed by atoms with van der Waals surface area (Å²) in [4.78, 5) is 21.5. The molecular weight excluding hydrogens is 232 g/mol. The minimum atomic E-state index is -1.22. The van der Waals surface area contributed by atoms with Gasteiger partial charge in [-0.2, -0.15) is 0 Å². The molecule has 17 heavy (non-hydrogen) atoms. The number of hydrogen-bond donors (Lipinski definition) is 2. The van der Waals surface area contributed by atoms with E-state index in [0.717, 1.165) is 6.07 Å². The van der Waals surface area contributed by atoms with Crippen molar-refractivity contribution in [3.05, 3.63) is 35.4 Å². The number of hydrogen-bond acceptors (Lipinski definition) is 2. The van der Waals surface area contributed by atoms with E-state index in [-0.39, 0.29) is 5.56 Å². The van der Waals surface area contributed by atoms with Gasteiger partial charge in [0.15, 0.2) is 11.6 Å². The quantitative estimate of drug-likeness (QED) is 0.844. The van der Waals surface area contributed by atoms with Crippen LogP contribution in [0, 0.1) is 11.6 Å². The van der Waals surface area contributed by atoms with Gasteiger partial charge in [0.05, 0.1) is 12.5 Å². The fourth-order valence-electron chi connectivity index (χ4n) is 1.45. The van der Waals surface area contributed by atoms with E-state index < -0.39 is 36.0 Å². The molecule has 1 rings (SSSR count). The van der Waals surface area contributed by atoms with Crippen molar-refractivity contribution in [2.75, 3.05) is 0 Å². The van der Waals surface area contributed by atoms with Crippen molar-refractivity contribution in [1.29, 1.82) is 0 Å². The average molecular weight is 243 g/mol. The number of amides is 1. The van der Waals surface area contributed by atoms with Crippen molar-refractivity contribution < 1.29 is 23.5 Å². The number of carbonyl (C=O) groups excluding carboxylic acids is 1. The Morgan fingerprint density at radius 3 is 2.59 bits per heavy atom. The smallest absolute Gasteiger partial charge is 0.305 e. The Kier molecular flexibility index (Phi) is 4.14. The third-order valence-corrected chi connectivity index (χ3v) is 2.11. The monoisotopic (exact) mass is 243 g/mol. The van der Waals surface area contributed by atoms with Crippen LogP contribution < -0.4 is 5.32 Å². The molecule has 0 saturated carbocycles. The Morgan fingerprint density at radius 2 is 2.06 bits per heavy atom. The Labute approximate surface area is 96.3 Å². The lowest BCUT2D eigenvalue weighted by Crippen LogP contribution is -2.28. The molecule has 1 aromatic carbocycles. The summed E-state index contributed by atoms with van der Waals surface area (Å²) in [6.07, 6.45) is -0.514. The summed E-state index contributed by atoms with van der Waals surface area (Å²) in [5.41, 5.74) is -0.178. The van der Waals surface area contributed by atoms with Crippen LogP contribution in [0.4, 0.5) is 8.78 Å². The van der Waals surface area contributed by atoms with Crippen molar-refractivity contribution in [1.82, 2.24) is 5.32 Å². The van der Waals surface area contributed by atoms with Crippen LogP contribution in [0.25, 0.3) is 0 Å². The van der Waals surface area contributed by atoms with Gasteiger partial charge in [-0.1, -0.05) is 12.1 Å². The molecule has 4 nitrogen and oxygen atoms in total. The lowest BCUT2D eigenvalue weighted by molar-refractivity contribution is -0.137. The second kappa shape index (κ2) is 5.38. The molecule has 1 atom stereocenters. The van der Waals surface area contributed by atoms with Gasteiger partial charge in [0.25, 0.3) is 0 Å².